The molecule has 19 heavy (non-hydrogen) atoms. The Bertz CT molecular complexity index is 526. The molecule has 0 bridgehead atoms. The Morgan fingerprint density at radius 3 is 2.89 bits per heavy atom. The summed E-state index contributed by atoms with van der Waals surface area (Å²) < 4.78 is 4.49. The lowest BCUT2D eigenvalue weighted by Gasteiger charge is -2.01. The number of rotatable bonds is 4. The molecule has 1 amide bonds. The number of amides is 1. The van der Waals surface area contributed by atoms with Crippen molar-refractivity contribution in [3.63, 3.8) is 0 Å². The Labute approximate surface area is 116 Å². The highest BCUT2D eigenvalue weighted by molar-refractivity contribution is 7.14. The van der Waals surface area contributed by atoms with Crippen molar-refractivity contribution in [3.05, 3.63) is 21.4 Å². The minimum Gasteiger partial charge on any atom is -0.469 e. The van der Waals surface area contributed by atoms with Crippen LogP contribution < -0.4 is 11.1 Å². The van der Waals surface area contributed by atoms with Crippen LogP contribution in [0.15, 0.2) is 6.07 Å². The van der Waals surface area contributed by atoms with Crippen LogP contribution in [0.2, 0.25) is 0 Å². The predicted molar refractivity (Wildman–Crippen MR) is 74.0 cm³/mol. The van der Waals surface area contributed by atoms with Crippen molar-refractivity contribution in [2.75, 3.05) is 20.2 Å². The lowest BCUT2D eigenvalue weighted by Crippen LogP contribution is -2.25. The summed E-state index contributed by atoms with van der Waals surface area (Å²) in [6.45, 7) is 2.44. The first-order valence-electron chi connectivity index (χ1n) is 5.73. The molecule has 0 saturated carbocycles. The van der Waals surface area contributed by atoms with Gasteiger partial charge in [0.25, 0.3) is 5.91 Å². The van der Waals surface area contributed by atoms with Crippen molar-refractivity contribution < 1.29 is 14.3 Å². The standard InChI is InChI=1S/C13H16N2O3S/c1-9-8-11(19-10(9)4-3-6-14)13(17)15-7-5-12(16)18-2/h8H,5-7,14H2,1-2H3,(H,15,17). The van der Waals surface area contributed by atoms with Gasteiger partial charge in [0, 0.05) is 6.54 Å². The van der Waals surface area contributed by atoms with E-state index in [9.17, 15) is 9.59 Å². The zero-order chi connectivity index (χ0) is 14.3. The van der Waals surface area contributed by atoms with E-state index in [2.05, 4.69) is 21.9 Å². The van der Waals surface area contributed by atoms with Crippen LogP contribution in [0.5, 0.6) is 0 Å². The highest BCUT2D eigenvalue weighted by Crippen LogP contribution is 2.20. The van der Waals surface area contributed by atoms with Crippen molar-refractivity contribution >= 4 is 23.2 Å². The third-order valence-corrected chi connectivity index (χ3v) is 3.44. The van der Waals surface area contributed by atoms with Gasteiger partial charge in [-0.3, -0.25) is 9.59 Å². The van der Waals surface area contributed by atoms with Crippen LogP contribution in [0.3, 0.4) is 0 Å². The molecule has 0 aromatic carbocycles. The molecular formula is C13H16N2O3S. The fourth-order valence-electron chi connectivity index (χ4n) is 1.32. The second-order valence-electron chi connectivity index (χ2n) is 3.71. The maximum Gasteiger partial charge on any atom is 0.307 e. The smallest absolute Gasteiger partial charge is 0.307 e. The first-order chi connectivity index (χ1) is 9.08. The average molecular weight is 280 g/mol. The van der Waals surface area contributed by atoms with Gasteiger partial charge in [-0.1, -0.05) is 11.8 Å². The van der Waals surface area contributed by atoms with Crippen LogP contribution in [0.1, 0.15) is 26.5 Å². The molecule has 3 N–H and O–H groups in total. The Morgan fingerprint density at radius 2 is 2.26 bits per heavy atom. The summed E-state index contributed by atoms with van der Waals surface area (Å²) in [5, 5.41) is 2.66. The molecule has 1 aromatic heterocycles. The van der Waals surface area contributed by atoms with Crippen molar-refractivity contribution in [3.8, 4) is 11.8 Å². The van der Waals surface area contributed by atoms with Gasteiger partial charge in [-0.05, 0) is 18.6 Å². The molecule has 1 rings (SSSR count). The number of hydrogen-bond donors (Lipinski definition) is 2. The molecule has 0 saturated heterocycles. The number of esters is 1. The van der Waals surface area contributed by atoms with Crippen LogP contribution in [0.25, 0.3) is 0 Å². The third-order valence-electron chi connectivity index (χ3n) is 2.29. The Morgan fingerprint density at radius 1 is 1.53 bits per heavy atom. The molecule has 0 fully saturated rings. The molecule has 5 nitrogen and oxygen atoms in total. The fourth-order valence-corrected chi connectivity index (χ4v) is 2.28. The van der Waals surface area contributed by atoms with Crippen molar-refractivity contribution in [1.82, 2.24) is 5.32 Å². The predicted octanol–water partition coefficient (Wildman–Crippen LogP) is 0.660. The van der Waals surface area contributed by atoms with Crippen molar-refractivity contribution in [2.45, 2.75) is 13.3 Å². The van der Waals surface area contributed by atoms with E-state index in [0.717, 1.165) is 10.4 Å². The Balaban J connectivity index is 2.60. The lowest BCUT2D eigenvalue weighted by molar-refractivity contribution is -0.140. The van der Waals surface area contributed by atoms with Gasteiger partial charge in [0.15, 0.2) is 0 Å². The average Bonchev–Trinajstić information content (AvgIpc) is 2.77. The fraction of sp³-hybridized carbons (Fsp3) is 0.385. The Hall–Kier alpha value is -1.84. The molecule has 1 aromatic rings. The van der Waals surface area contributed by atoms with Gasteiger partial charge in [-0.15, -0.1) is 11.3 Å². The van der Waals surface area contributed by atoms with Crippen LogP contribution in [0.4, 0.5) is 0 Å². The summed E-state index contributed by atoms with van der Waals surface area (Å²) in [6.07, 6.45) is 0.159. The molecule has 6 heteroatoms. The quantitative estimate of drug-likeness (QED) is 0.627. The number of nitrogens with two attached hydrogens (primary N) is 1. The number of carbonyl (C=O) groups excluding carboxylic acids is 2. The lowest BCUT2D eigenvalue weighted by atomic mass is 10.2. The number of aryl methyl sites for hydroxylation is 1. The van der Waals surface area contributed by atoms with E-state index in [1.165, 1.54) is 18.4 Å². The molecule has 0 aliphatic rings. The number of ether oxygens (including phenoxy) is 1. The number of nitrogens with one attached hydrogen (secondary N) is 1. The van der Waals surface area contributed by atoms with Crippen LogP contribution in [-0.4, -0.2) is 32.1 Å². The number of hydrogen-bond acceptors (Lipinski definition) is 5. The topological polar surface area (TPSA) is 81.4 Å². The SMILES string of the molecule is COC(=O)CCNC(=O)c1cc(C)c(C#CCN)s1. The highest BCUT2D eigenvalue weighted by atomic mass is 32.1. The number of thiophene rings is 1. The summed E-state index contributed by atoms with van der Waals surface area (Å²) in [5.41, 5.74) is 6.26. The molecule has 0 aliphatic carbocycles. The van der Waals surface area contributed by atoms with Crippen molar-refractivity contribution in [1.29, 1.82) is 0 Å². The van der Waals surface area contributed by atoms with Gasteiger partial charge >= 0.3 is 5.97 Å². The van der Waals surface area contributed by atoms with Crippen LogP contribution in [-0.2, 0) is 9.53 Å². The van der Waals surface area contributed by atoms with E-state index in [4.69, 9.17) is 5.73 Å². The van der Waals surface area contributed by atoms with E-state index in [-0.39, 0.29) is 31.4 Å². The molecule has 102 valence electrons. The monoisotopic (exact) mass is 280 g/mol. The van der Waals surface area contributed by atoms with Crippen LogP contribution >= 0.6 is 11.3 Å². The van der Waals surface area contributed by atoms with Gasteiger partial charge in [0.2, 0.25) is 0 Å². The first kappa shape index (κ1) is 15.2. The van der Waals surface area contributed by atoms with E-state index < -0.39 is 0 Å². The van der Waals surface area contributed by atoms with Gasteiger partial charge in [0.05, 0.1) is 29.8 Å². The molecule has 0 aliphatic heterocycles. The minimum atomic E-state index is -0.350. The second kappa shape index (κ2) is 7.56. The maximum absolute atomic E-state index is 11.8. The number of carbonyl (C=O) groups is 2. The second-order valence-corrected chi connectivity index (χ2v) is 4.76. The minimum absolute atomic E-state index is 0.159. The third kappa shape index (κ3) is 4.73. The normalized spacial score (nSPS) is 9.42. The molecule has 1 heterocycles. The molecule has 0 unspecified atom stereocenters. The first-order valence-corrected chi connectivity index (χ1v) is 6.54. The van der Waals surface area contributed by atoms with Gasteiger partial charge in [-0.2, -0.15) is 0 Å². The summed E-state index contributed by atoms with van der Waals surface area (Å²) in [4.78, 5) is 24.1. The van der Waals surface area contributed by atoms with E-state index in [0.29, 0.717) is 4.88 Å². The molecule has 0 spiro atoms. The number of methoxy groups -OCH3 is 1. The summed E-state index contributed by atoms with van der Waals surface area (Å²) in [5.74, 6) is 5.12. The largest absolute Gasteiger partial charge is 0.469 e. The van der Waals surface area contributed by atoms with E-state index in [1.807, 2.05) is 6.92 Å². The summed E-state index contributed by atoms with van der Waals surface area (Å²) in [7, 11) is 1.31. The van der Waals surface area contributed by atoms with Crippen molar-refractivity contribution in [2.24, 2.45) is 5.73 Å². The Kier molecular flexibility index (Phi) is 6.06. The zero-order valence-electron chi connectivity index (χ0n) is 10.9. The summed E-state index contributed by atoms with van der Waals surface area (Å²) in [6, 6.07) is 1.78. The summed E-state index contributed by atoms with van der Waals surface area (Å²) >= 11 is 1.31. The van der Waals surface area contributed by atoms with Gasteiger partial charge in [0.1, 0.15) is 0 Å². The van der Waals surface area contributed by atoms with Crippen LogP contribution in [0, 0.1) is 18.8 Å². The zero-order valence-corrected chi connectivity index (χ0v) is 11.7. The maximum atomic E-state index is 11.8. The molecule has 0 radical (unpaired) electrons. The van der Waals surface area contributed by atoms with E-state index in [1.54, 1.807) is 6.07 Å². The van der Waals surface area contributed by atoms with E-state index >= 15 is 0 Å². The molecular weight excluding hydrogens is 264 g/mol. The van der Waals surface area contributed by atoms with Gasteiger partial charge in [-0.25, -0.2) is 0 Å². The highest BCUT2D eigenvalue weighted by Gasteiger charge is 2.11. The van der Waals surface area contributed by atoms with Gasteiger partial charge < -0.3 is 15.8 Å². The molecule has 0 atom stereocenters.